The van der Waals surface area contributed by atoms with Gasteiger partial charge >= 0.3 is 0 Å². The molecule has 21 heavy (non-hydrogen) atoms. The molecule has 3 heterocycles. The zero-order valence-electron chi connectivity index (χ0n) is 11.1. The van der Waals surface area contributed by atoms with Crippen molar-refractivity contribution in [2.75, 3.05) is 13.1 Å². The van der Waals surface area contributed by atoms with Crippen LogP contribution in [0.25, 0.3) is 5.76 Å². The van der Waals surface area contributed by atoms with Crippen LogP contribution in [0.2, 0.25) is 0 Å². The number of para-hydroxylation sites is 1. The number of benzene rings is 1. The summed E-state index contributed by atoms with van der Waals surface area (Å²) in [6, 6.07) is 9.45. The van der Waals surface area contributed by atoms with Crippen LogP contribution >= 0.6 is 0 Å². The molecule has 6 nitrogen and oxygen atoms in total. The summed E-state index contributed by atoms with van der Waals surface area (Å²) in [4.78, 5) is 11.1. The fourth-order valence-electron chi connectivity index (χ4n) is 2.50. The third-order valence-corrected chi connectivity index (χ3v) is 3.45. The number of aliphatic imine (C=N–C) groups is 2. The van der Waals surface area contributed by atoms with Crippen LogP contribution in [-0.2, 0) is 0 Å². The number of nitrogens with zero attached hydrogens (tertiary/aromatic N) is 4. The van der Waals surface area contributed by atoms with Crippen molar-refractivity contribution in [1.82, 2.24) is 10.1 Å². The van der Waals surface area contributed by atoms with Gasteiger partial charge in [0.15, 0.2) is 5.76 Å². The van der Waals surface area contributed by atoms with E-state index < -0.39 is 0 Å². The molecule has 0 amide bonds. The molecule has 0 aliphatic carbocycles. The first-order valence-electron chi connectivity index (χ1n) is 6.65. The average Bonchev–Trinajstić information content (AvgIpc) is 3.19. The first-order chi connectivity index (χ1) is 10.3. The van der Waals surface area contributed by atoms with Crippen LogP contribution in [0, 0.1) is 0 Å². The summed E-state index contributed by atoms with van der Waals surface area (Å²) in [7, 11) is 0. The second-order valence-electron chi connectivity index (χ2n) is 4.75. The van der Waals surface area contributed by atoms with E-state index in [2.05, 4.69) is 15.1 Å². The minimum absolute atomic E-state index is 0.00289. The maximum atomic E-state index is 10.1. The van der Waals surface area contributed by atoms with Gasteiger partial charge in [0.2, 0.25) is 5.76 Å². The minimum atomic E-state index is -0.00289. The highest BCUT2D eigenvalue weighted by molar-refractivity contribution is 6.19. The maximum Gasteiger partial charge on any atom is 0.201 e. The molecule has 0 radical (unpaired) electrons. The van der Waals surface area contributed by atoms with E-state index in [0.717, 1.165) is 30.2 Å². The van der Waals surface area contributed by atoms with Gasteiger partial charge in [-0.1, -0.05) is 17.3 Å². The van der Waals surface area contributed by atoms with Crippen molar-refractivity contribution in [3.05, 3.63) is 53.9 Å². The molecule has 0 atom stereocenters. The Bertz CT molecular complexity index is 775. The minimum Gasteiger partial charge on any atom is -0.504 e. The van der Waals surface area contributed by atoms with Gasteiger partial charge < -0.3 is 14.5 Å². The van der Waals surface area contributed by atoms with Gasteiger partial charge in [0.25, 0.3) is 0 Å². The van der Waals surface area contributed by atoms with Crippen molar-refractivity contribution in [3.63, 3.8) is 0 Å². The third kappa shape index (κ3) is 1.92. The molecule has 2 aromatic rings. The fraction of sp³-hybridized carbons (Fsp3) is 0.133. The molecule has 104 valence electrons. The monoisotopic (exact) mass is 280 g/mol. The van der Waals surface area contributed by atoms with Crippen molar-refractivity contribution < 1.29 is 9.63 Å². The van der Waals surface area contributed by atoms with Gasteiger partial charge in [-0.3, -0.25) is 4.99 Å². The predicted octanol–water partition coefficient (Wildman–Crippen LogP) is 2.38. The Hall–Kier alpha value is -2.89. The summed E-state index contributed by atoms with van der Waals surface area (Å²) < 4.78 is 4.95. The first kappa shape index (κ1) is 11.9. The number of hydrogen-bond donors (Lipinski definition) is 1. The molecular formula is C15H12N4O2. The zero-order chi connectivity index (χ0) is 14.2. The lowest BCUT2D eigenvalue weighted by atomic mass is 10.1. The molecule has 2 aliphatic rings. The second-order valence-corrected chi connectivity index (χ2v) is 4.75. The Kier molecular flexibility index (Phi) is 2.60. The van der Waals surface area contributed by atoms with E-state index in [1.165, 1.54) is 6.20 Å². The Morgan fingerprint density at radius 2 is 2.19 bits per heavy atom. The summed E-state index contributed by atoms with van der Waals surface area (Å²) in [5.74, 6) is 1.86. The molecule has 0 fully saturated rings. The molecule has 0 spiro atoms. The van der Waals surface area contributed by atoms with Gasteiger partial charge in [0.1, 0.15) is 11.7 Å². The lowest BCUT2D eigenvalue weighted by molar-refractivity contribution is 0.381. The van der Waals surface area contributed by atoms with Gasteiger partial charge in [-0.2, -0.15) is 0 Å². The van der Waals surface area contributed by atoms with E-state index in [0.29, 0.717) is 11.6 Å². The summed E-state index contributed by atoms with van der Waals surface area (Å²) in [6.07, 6.45) is 3.07. The summed E-state index contributed by atoms with van der Waals surface area (Å²) >= 11 is 0. The molecule has 0 saturated heterocycles. The number of amidine groups is 2. The molecule has 6 heteroatoms. The molecule has 1 aromatic carbocycles. The fourth-order valence-corrected chi connectivity index (χ4v) is 2.50. The standard InChI is InChI=1S/C15H12N4O2/c20-12(13-5-6-17-21-13)9-14-18-11-4-2-1-3-10(11)15-16-7-8-19(14)15/h1-6,9,20H,7-8H2/b12-9-. The van der Waals surface area contributed by atoms with Gasteiger partial charge in [0.05, 0.1) is 18.4 Å². The number of fused-ring (bicyclic) bond motifs is 3. The normalized spacial score (nSPS) is 17.1. The SMILES string of the molecule is O/C(=C\C1=Nc2ccccc2C2=NCCN12)c1ccno1. The van der Waals surface area contributed by atoms with E-state index in [9.17, 15) is 5.11 Å². The Morgan fingerprint density at radius 1 is 1.29 bits per heavy atom. The molecule has 1 aromatic heterocycles. The molecule has 4 rings (SSSR count). The van der Waals surface area contributed by atoms with Gasteiger partial charge in [-0.15, -0.1) is 0 Å². The van der Waals surface area contributed by atoms with E-state index in [1.807, 2.05) is 29.2 Å². The lowest BCUT2D eigenvalue weighted by Crippen LogP contribution is -2.36. The molecule has 0 unspecified atom stereocenters. The quantitative estimate of drug-likeness (QED) is 0.857. The van der Waals surface area contributed by atoms with Crippen LogP contribution in [-0.4, -0.2) is 39.9 Å². The number of aromatic nitrogens is 1. The molecular weight excluding hydrogens is 268 g/mol. The van der Waals surface area contributed by atoms with Crippen LogP contribution in [0.5, 0.6) is 0 Å². The van der Waals surface area contributed by atoms with Crippen molar-refractivity contribution in [2.24, 2.45) is 9.98 Å². The lowest BCUT2D eigenvalue weighted by Gasteiger charge is -2.25. The second kappa shape index (κ2) is 4.59. The Labute approximate surface area is 120 Å². The largest absolute Gasteiger partial charge is 0.504 e. The average molecular weight is 280 g/mol. The highest BCUT2D eigenvalue weighted by Crippen LogP contribution is 2.29. The van der Waals surface area contributed by atoms with Gasteiger partial charge in [-0.25, -0.2) is 4.99 Å². The van der Waals surface area contributed by atoms with Crippen molar-refractivity contribution >= 4 is 23.1 Å². The molecule has 0 saturated carbocycles. The highest BCUT2D eigenvalue weighted by atomic mass is 16.5. The van der Waals surface area contributed by atoms with E-state index >= 15 is 0 Å². The number of hydrogen-bond acceptors (Lipinski definition) is 6. The highest BCUT2D eigenvalue weighted by Gasteiger charge is 2.28. The van der Waals surface area contributed by atoms with E-state index in [4.69, 9.17) is 4.52 Å². The van der Waals surface area contributed by atoms with Crippen LogP contribution in [0.1, 0.15) is 11.3 Å². The summed E-state index contributed by atoms with van der Waals surface area (Å²) in [5, 5.41) is 13.7. The van der Waals surface area contributed by atoms with Crippen molar-refractivity contribution in [3.8, 4) is 0 Å². The van der Waals surface area contributed by atoms with E-state index in [-0.39, 0.29) is 5.76 Å². The third-order valence-electron chi connectivity index (χ3n) is 3.45. The van der Waals surface area contributed by atoms with Gasteiger partial charge in [0, 0.05) is 24.3 Å². The smallest absolute Gasteiger partial charge is 0.201 e. The molecule has 2 aliphatic heterocycles. The summed E-state index contributed by atoms with van der Waals surface area (Å²) in [5.41, 5.74) is 1.87. The summed E-state index contributed by atoms with van der Waals surface area (Å²) in [6.45, 7) is 1.47. The topological polar surface area (TPSA) is 74.2 Å². The number of rotatable bonds is 2. The van der Waals surface area contributed by atoms with Crippen LogP contribution < -0.4 is 0 Å². The molecule has 1 N–H and O–H groups in total. The van der Waals surface area contributed by atoms with Gasteiger partial charge in [-0.05, 0) is 12.1 Å². The number of aliphatic hydroxyl groups excluding tert-OH is 1. The van der Waals surface area contributed by atoms with Crippen molar-refractivity contribution in [2.45, 2.75) is 0 Å². The Morgan fingerprint density at radius 3 is 3.05 bits per heavy atom. The predicted molar refractivity (Wildman–Crippen MR) is 78.8 cm³/mol. The first-order valence-corrected chi connectivity index (χ1v) is 6.65. The van der Waals surface area contributed by atoms with E-state index in [1.54, 1.807) is 12.1 Å². The molecule has 0 bridgehead atoms. The van der Waals surface area contributed by atoms with Crippen LogP contribution in [0.4, 0.5) is 5.69 Å². The van der Waals surface area contributed by atoms with Crippen molar-refractivity contribution in [1.29, 1.82) is 0 Å². The maximum absolute atomic E-state index is 10.1. The van der Waals surface area contributed by atoms with Crippen LogP contribution in [0.15, 0.2) is 57.1 Å². The van der Waals surface area contributed by atoms with Crippen LogP contribution in [0.3, 0.4) is 0 Å². The zero-order valence-corrected chi connectivity index (χ0v) is 11.1. The Balaban J connectivity index is 1.81. The number of aliphatic hydroxyl groups is 1.